The van der Waals surface area contributed by atoms with E-state index in [1.165, 1.54) is 4.90 Å². The normalized spacial score (nSPS) is 35.4. The fourth-order valence-electron chi connectivity index (χ4n) is 2.64. The van der Waals surface area contributed by atoms with Gasteiger partial charge >= 0.3 is 0 Å². The van der Waals surface area contributed by atoms with Crippen LogP contribution >= 0.6 is 0 Å². The number of hydrogen-bond donors (Lipinski definition) is 6. The van der Waals surface area contributed by atoms with Gasteiger partial charge in [-0.2, -0.15) is 0 Å². The molecule has 0 radical (unpaired) electrons. The highest BCUT2D eigenvalue weighted by Crippen LogP contribution is 2.23. The van der Waals surface area contributed by atoms with E-state index in [1.807, 2.05) is 0 Å². The molecule has 7 nitrogen and oxygen atoms in total. The zero-order valence-corrected chi connectivity index (χ0v) is 11.7. The number of piperidine rings is 1. The topological polar surface area (TPSA) is 125 Å². The van der Waals surface area contributed by atoms with Gasteiger partial charge < -0.3 is 30.6 Å². The molecular formula is C13H27NO6. The predicted octanol–water partition coefficient (Wildman–Crippen LogP) is -1.99. The van der Waals surface area contributed by atoms with Gasteiger partial charge in [-0.25, -0.2) is 0 Å². The fraction of sp³-hybridized carbons (Fsp3) is 1.00. The molecule has 0 aromatic carbocycles. The molecule has 7 heteroatoms. The summed E-state index contributed by atoms with van der Waals surface area (Å²) in [6.07, 6.45) is -1.16. The van der Waals surface area contributed by atoms with E-state index in [1.54, 1.807) is 0 Å². The molecule has 0 aliphatic carbocycles. The number of nitrogens with zero attached hydrogens (tertiary/aromatic N) is 1. The van der Waals surface area contributed by atoms with Crippen molar-refractivity contribution in [3.05, 3.63) is 0 Å². The van der Waals surface area contributed by atoms with Crippen LogP contribution in [0, 0.1) is 0 Å². The fourth-order valence-corrected chi connectivity index (χ4v) is 2.64. The van der Waals surface area contributed by atoms with Crippen molar-refractivity contribution in [2.24, 2.45) is 0 Å². The molecule has 0 bridgehead atoms. The lowest BCUT2D eigenvalue weighted by Gasteiger charge is -2.46. The van der Waals surface area contributed by atoms with E-state index < -0.39 is 37.2 Å². The Kier molecular flexibility index (Phi) is 7.90. The first-order valence-electron chi connectivity index (χ1n) is 7.24. The Bertz CT molecular complexity index is 267. The highest BCUT2D eigenvalue weighted by Gasteiger charge is 2.46. The molecule has 20 heavy (non-hydrogen) atoms. The van der Waals surface area contributed by atoms with E-state index in [4.69, 9.17) is 5.11 Å². The molecular weight excluding hydrogens is 266 g/mol. The van der Waals surface area contributed by atoms with Crippen molar-refractivity contribution >= 4 is 0 Å². The minimum atomic E-state index is -1.46. The first-order chi connectivity index (χ1) is 9.54. The minimum Gasteiger partial charge on any atom is -0.396 e. The highest BCUT2D eigenvalue weighted by atomic mass is 16.4. The maximum Gasteiger partial charge on any atom is 0.136 e. The summed E-state index contributed by atoms with van der Waals surface area (Å²) in [5.74, 6) is 0. The van der Waals surface area contributed by atoms with E-state index in [-0.39, 0.29) is 6.61 Å². The molecule has 0 aromatic heterocycles. The Morgan fingerprint density at radius 3 is 1.90 bits per heavy atom. The maximum atomic E-state index is 9.93. The molecule has 5 atom stereocenters. The number of aliphatic hydroxyl groups is 6. The van der Waals surface area contributed by atoms with Gasteiger partial charge in [0.2, 0.25) is 0 Å². The van der Waals surface area contributed by atoms with Gasteiger partial charge in [0.1, 0.15) is 24.5 Å². The zero-order valence-electron chi connectivity index (χ0n) is 11.7. The highest BCUT2D eigenvalue weighted by molar-refractivity contribution is 4.96. The smallest absolute Gasteiger partial charge is 0.136 e. The van der Waals surface area contributed by atoms with E-state index in [0.717, 1.165) is 32.1 Å². The number of rotatable bonds is 8. The lowest BCUT2D eigenvalue weighted by Crippen LogP contribution is -2.67. The third kappa shape index (κ3) is 4.36. The Morgan fingerprint density at radius 1 is 0.700 bits per heavy atom. The number of hydrogen-bond acceptors (Lipinski definition) is 7. The summed E-state index contributed by atoms with van der Waals surface area (Å²) in [5, 5.41) is 56.9. The van der Waals surface area contributed by atoms with Gasteiger partial charge in [0.15, 0.2) is 0 Å². The molecule has 1 rings (SSSR count). The van der Waals surface area contributed by atoms with E-state index in [0.29, 0.717) is 6.54 Å². The number of unbranched alkanes of at least 4 members (excludes halogenated alkanes) is 4. The second kappa shape index (κ2) is 8.89. The molecule has 0 saturated carbocycles. The van der Waals surface area contributed by atoms with Crippen molar-refractivity contribution in [1.82, 2.24) is 4.90 Å². The van der Waals surface area contributed by atoms with E-state index in [9.17, 15) is 25.5 Å². The number of likely N-dealkylation sites (tertiary alicyclic amines) is 1. The minimum absolute atomic E-state index is 0.188. The Hall–Kier alpha value is -0.280. The molecule has 1 fully saturated rings. The van der Waals surface area contributed by atoms with Crippen LogP contribution in [0.2, 0.25) is 0 Å². The molecule has 0 amide bonds. The van der Waals surface area contributed by atoms with Crippen LogP contribution in [-0.4, -0.2) is 85.9 Å². The maximum absolute atomic E-state index is 9.93. The summed E-state index contributed by atoms with van der Waals surface area (Å²) >= 11 is 0. The Morgan fingerprint density at radius 2 is 1.30 bits per heavy atom. The van der Waals surface area contributed by atoms with Crippen LogP contribution in [0.5, 0.6) is 0 Å². The van der Waals surface area contributed by atoms with Crippen LogP contribution in [0.4, 0.5) is 0 Å². The van der Waals surface area contributed by atoms with Crippen molar-refractivity contribution in [1.29, 1.82) is 0 Å². The standard InChI is InChI=1S/C13H27NO6/c15-7-5-3-1-2-4-6-14-9(8-16)10(17)11(18)12(19)13(14)20/h9-13,15-20H,1-8H2/t9-,10-,11+,12-,13?/m1/s1. The molecule has 0 aromatic rings. The molecule has 1 aliphatic rings. The summed E-state index contributed by atoms with van der Waals surface area (Å²) in [6.45, 7) is 0.215. The molecule has 1 unspecified atom stereocenters. The summed E-state index contributed by atoms with van der Waals surface area (Å²) in [6, 6.07) is -0.777. The second-order valence-electron chi connectivity index (χ2n) is 5.36. The Labute approximate surface area is 119 Å². The second-order valence-corrected chi connectivity index (χ2v) is 5.36. The van der Waals surface area contributed by atoms with Gasteiger partial charge in [-0.3, -0.25) is 4.90 Å². The summed E-state index contributed by atoms with van der Waals surface area (Å²) in [5.41, 5.74) is 0. The predicted molar refractivity (Wildman–Crippen MR) is 71.8 cm³/mol. The van der Waals surface area contributed by atoms with Gasteiger partial charge in [-0.15, -0.1) is 0 Å². The third-order valence-corrected chi connectivity index (χ3v) is 3.93. The molecule has 1 heterocycles. The first kappa shape index (κ1) is 17.8. The lowest BCUT2D eigenvalue weighted by atomic mass is 9.92. The molecule has 1 aliphatic heterocycles. The van der Waals surface area contributed by atoms with Crippen molar-refractivity contribution < 1.29 is 30.6 Å². The first-order valence-corrected chi connectivity index (χ1v) is 7.24. The van der Waals surface area contributed by atoms with Crippen molar-refractivity contribution in [3.63, 3.8) is 0 Å². The average Bonchev–Trinajstić information content (AvgIpc) is 2.45. The molecule has 6 N–H and O–H groups in total. The monoisotopic (exact) mass is 293 g/mol. The van der Waals surface area contributed by atoms with Crippen LogP contribution in [0.15, 0.2) is 0 Å². The summed E-state index contributed by atoms with van der Waals surface area (Å²) < 4.78 is 0. The van der Waals surface area contributed by atoms with Crippen LogP contribution in [0.3, 0.4) is 0 Å². The van der Waals surface area contributed by atoms with Crippen LogP contribution in [0.25, 0.3) is 0 Å². The van der Waals surface area contributed by atoms with Crippen LogP contribution < -0.4 is 0 Å². The number of aliphatic hydroxyl groups excluding tert-OH is 6. The van der Waals surface area contributed by atoms with Crippen molar-refractivity contribution in [3.8, 4) is 0 Å². The van der Waals surface area contributed by atoms with Gasteiger partial charge in [0.25, 0.3) is 0 Å². The van der Waals surface area contributed by atoms with Gasteiger partial charge in [-0.05, 0) is 12.8 Å². The Balaban J connectivity index is 2.44. The average molecular weight is 293 g/mol. The van der Waals surface area contributed by atoms with Crippen LogP contribution in [-0.2, 0) is 0 Å². The van der Waals surface area contributed by atoms with Gasteiger partial charge in [-0.1, -0.05) is 19.3 Å². The molecule has 1 saturated heterocycles. The largest absolute Gasteiger partial charge is 0.396 e. The molecule has 0 spiro atoms. The third-order valence-electron chi connectivity index (χ3n) is 3.93. The zero-order chi connectivity index (χ0) is 15.1. The summed E-state index contributed by atoms with van der Waals surface area (Å²) in [4.78, 5) is 1.44. The lowest BCUT2D eigenvalue weighted by molar-refractivity contribution is -0.222. The molecule has 120 valence electrons. The van der Waals surface area contributed by atoms with Crippen molar-refractivity contribution in [2.75, 3.05) is 19.8 Å². The van der Waals surface area contributed by atoms with E-state index >= 15 is 0 Å². The summed E-state index contributed by atoms with van der Waals surface area (Å²) in [7, 11) is 0. The quantitative estimate of drug-likeness (QED) is 0.286. The van der Waals surface area contributed by atoms with Gasteiger partial charge in [0, 0.05) is 13.2 Å². The van der Waals surface area contributed by atoms with Crippen LogP contribution in [0.1, 0.15) is 32.1 Å². The SMILES string of the molecule is OCCCCCCCN1C(O)[C@H](O)[C@@H](O)[C@H](O)[C@H]1CO. The van der Waals surface area contributed by atoms with Crippen molar-refractivity contribution in [2.45, 2.75) is 62.7 Å². The van der Waals surface area contributed by atoms with Gasteiger partial charge in [0.05, 0.1) is 12.6 Å². The van der Waals surface area contributed by atoms with E-state index in [2.05, 4.69) is 0 Å².